The smallest absolute Gasteiger partial charge is 0.226 e. The minimum atomic E-state index is 0.790. The van der Waals surface area contributed by atoms with Gasteiger partial charge in [0, 0.05) is 28.5 Å². The lowest BCUT2D eigenvalue weighted by Crippen LogP contribution is -2.24. The van der Waals surface area contributed by atoms with Crippen LogP contribution in [-0.4, -0.2) is 23.1 Å². The van der Waals surface area contributed by atoms with Crippen molar-refractivity contribution < 1.29 is 0 Å². The lowest BCUT2D eigenvalue weighted by Gasteiger charge is -2.20. The number of halogens is 1. The van der Waals surface area contributed by atoms with Gasteiger partial charge in [-0.25, -0.2) is 9.97 Å². The standard InChI is InChI=1S/C18H18BrN3/c1-3-22(4-2)18-20-16-11-10-14(19)12-15(16)17(21-18)13-8-6-5-7-9-13/h5-12H,3-4H2,1-2H3. The highest BCUT2D eigenvalue weighted by Gasteiger charge is 2.13. The second-order valence-electron chi connectivity index (χ2n) is 5.07. The van der Waals surface area contributed by atoms with Crippen LogP contribution in [0, 0.1) is 0 Å². The van der Waals surface area contributed by atoms with Crippen LogP contribution in [0.5, 0.6) is 0 Å². The normalized spacial score (nSPS) is 10.9. The number of anilines is 1. The van der Waals surface area contributed by atoms with Gasteiger partial charge in [-0.15, -0.1) is 0 Å². The lowest BCUT2D eigenvalue weighted by molar-refractivity contribution is 0.827. The Kier molecular flexibility index (Phi) is 4.39. The van der Waals surface area contributed by atoms with Gasteiger partial charge in [-0.2, -0.15) is 0 Å². The van der Waals surface area contributed by atoms with Crippen molar-refractivity contribution >= 4 is 32.8 Å². The van der Waals surface area contributed by atoms with Crippen molar-refractivity contribution in [1.29, 1.82) is 0 Å². The van der Waals surface area contributed by atoms with Crippen molar-refractivity contribution in [2.24, 2.45) is 0 Å². The number of rotatable bonds is 4. The van der Waals surface area contributed by atoms with Gasteiger partial charge >= 0.3 is 0 Å². The van der Waals surface area contributed by atoms with E-state index in [9.17, 15) is 0 Å². The summed E-state index contributed by atoms with van der Waals surface area (Å²) in [7, 11) is 0. The van der Waals surface area contributed by atoms with Crippen molar-refractivity contribution in [3.05, 3.63) is 53.0 Å². The number of fused-ring (bicyclic) bond motifs is 1. The van der Waals surface area contributed by atoms with Crippen LogP contribution in [0.3, 0.4) is 0 Å². The number of aromatic nitrogens is 2. The van der Waals surface area contributed by atoms with Crippen molar-refractivity contribution in [2.45, 2.75) is 13.8 Å². The van der Waals surface area contributed by atoms with Gasteiger partial charge in [-0.1, -0.05) is 46.3 Å². The highest BCUT2D eigenvalue weighted by atomic mass is 79.9. The second kappa shape index (κ2) is 6.44. The molecule has 0 aliphatic rings. The summed E-state index contributed by atoms with van der Waals surface area (Å²) in [6.07, 6.45) is 0. The van der Waals surface area contributed by atoms with Crippen molar-refractivity contribution in [3.63, 3.8) is 0 Å². The van der Waals surface area contributed by atoms with Crippen molar-refractivity contribution in [3.8, 4) is 11.3 Å². The minimum absolute atomic E-state index is 0.790. The van der Waals surface area contributed by atoms with Crippen LogP contribution in [0.2, 0.25) is 0 Å². The van der Waals surface area contributed by atoms with Crippen LogP contribution in [0.1, 0.15) is 13.8 Å². The summed E-state index contributed by atoms with van der Waals surface area (Å²) in [5, 5.41) is 1.07. The fourth-order valence-electron chi connectivity index (χ4n) is 2.55. The summed E-state index contributed by atoms with van der Waals surface area (Å²) in [4.78, 5) is 11.8. The summed E-state index contributed by atoms with van der Waals surface area (Å²) < 4.78 is 1.04. The van der Waals surface area contributed by atoms with E-state index in [1.54, 1.807) is 0 Å². The molecule has 2 aromatic carbocycles. The SMILES string of the molecule is CCN(CC)c1nc(-c2ccccc2)c2cc(Br)ccc2n1. The van der Waals surface area contributed by atoms with E-state index in [1.165, 1.54) is 0 Å². The van der Waals surface area contributed by atoms with Gasteiger partial charge < -0.3 is 4.90 Å². The summed E-state index contributed by atoms with van der Waals surface area (Å²) in [6, 6.07) is 16.4. The molecule has 0 radical (unpaired) electrons. The van der Waals surface area contributed by atoms with Crippen LogP contribution in [0.4, 0.5) is 5.95 Å². The summed E-state index contributed by atoms with van der Waals surface area (Å²) in [5.41, 5.74) is 3.06. The fraction of sp³-hybridized carbons (Fsp3) is 0.222. The highest BCUT2D eigenvalue weighted by Crippen LogP contribution is 2.30. The number of hydrogen-bond donors (Lipinski definition) is 0. The predicted octanol–water partition coefficient (Wildman–Crippen LogP) is 4.91. The highest BCUT2D eigenvalue weighted by molar-refractivity contribution is 9.10. The second-order valence-corrected chi connectivity index (χ2v) is 5.99. The van der Waals surface area contributed by atoms with Crippen LogP contribution < -0.4 is 4.90 Å². The van der Waals surface area contributed by atoms with Crippen LogP contribution in [0.25, 0.3) is 22.2 Å². The zero-order valence-corrected chi connectivity index (χ0v) is 14.3. The van der Waals surface area contributed by atoms with E-state index in [1.807, 2.05) is 30.3 Å². The molecule has 4 heteroatoms. The number of benzene rings is 2. The topological polar surface area (TPSA) is 29.0 Å². The molecular formula is C18H18BrN3. The molecule has 0 saturated carbocycles. The molecule has 3 aromatic rings. The van der Waals surface area contributed by atoms with Gasteiger partial charge in [0.05, 0.1) is 11.2 Å². The maximum absolute atomic E-state index is 4.85. The first-order valence-corrected chi connectivity index (χ1v) is 8.30. The van der Waals surface area contributed by atoms with Gasteiger partial charge in [-0.05, 0) is 32.0 Å². The molecule has 0 spiro atoms. The Morgan fingerprint density at radius 3 is 2.36 bits per heavy atom. The monoisotopic (exact) mass is 355 g/mol. The predicted molar refractivity (Wildman–Crippen MR) is 96.2 cm³/mol. The zero-order valence-electron chi connectivity index (χ0n) is 12.8. The largest absolute Gasteiger partial charge is 0.341 e. The molecule has 112 valence electrons. The van der Waals surface area contributed by atoms with Crippen molar-refractivity contribution in [1.82, 2.24) is 9.97 Å². The molecule has 1 aromatic heterocycles. The first-order chi connectivity index (χ1) is 10.7. The third kappa shape index (κ3) is 2.83. The molecule has 0 fully saturated rings. The average Bonchev–Trinajstić information content (AvgIpc) is 2.56. The average molecular weight is 356 g/mol. The van der Waals surface area contributed by atoms with E-state index in [2.05, 4.69) is 52.9 Å². The van der Waals surface area contributed by atoms with E-state index in [4.69, 9.17) is 9.97 Å². The Labute approximate surface area is 139 Å². The zero-order chi connectivity index (χ0) is 15.5. The van der Waals surface area contributed by atoms with E-state index in [0.29, 0.717) is 0 Å². The minimum Gasteiger partial charge on any atom is -0.341 e. The van der Waals surface area contributed by atoms with Gasteiger partial charge in [0.1, 0.15) is 0 Å². The molecular weight excluding hydrogens is 338 g/mol. The van der Waals surface area contributed by atoms with Gasteiger partial charge in [0.15, 0.2) is 0 Å². The lowest BCUT2D eigenvalue weighted by atomic mass is 10.1. The van der Waals surface area contributed by atoms with E-state index < -0.39 is 0 Å². The third-order valence-electron chi connectivity index (χ3n) is 3.74. The molecule has 0 aliphatic heterocycles. The Morgan fingerprint density at radius 1 is 0.955 bits per heavy atom. The van der Waals surface area contributed by atoms with E-state index in [0.717, 1.165) is 45.7 Å². The molecule has 0 N–H and O–H groups in total. The molecule has 3 nitrogen and oxygen atoms in total. The number of nitrogens with zero attached hydrogens (tertiary/aromatic N) is 3. The van der Waals surface area contributed by atoms with Gasteiger partial charge in [0.2, 0.25) is 5.95 Å². The Morgan fingerprint density at radius 2 is 1.68 bits per heavy atom. The molecule has 3 rings (SSSR count). The Bertz CT molecular complexity index is 783. The van der Waals surface area contributed by atoms with Crippen LogP contribution in [0.15, 0.2) is 53.0 Å². The summed E-state index contributed by atoms with van der Waals surface area (Å²) in [6.45, 7) is 6.04. The van der Waals surface area contributed by atoms with Gasteiger partial charge in [-0.3, -0.25) is 0 Å². The van der Waals surface area contributed by atoms with E-state index in [-0.39, 0.29) is 0 Å². The molecule has 22 heavy (non-hydrogen) atoms. The molecule has 0 bridgehead atoms. The van der Waals surface area contributed by atoms with Gasteiger partial charge in [0.25, 0.3) is 0 Å². The first-order valence-electron chi connectivity index (χ1n) is 7.50. The Hall–Kier alpha value is -1.94. The third-order valence-corrected chi connectivity index (χ3v) is 4.23. The molecule has 1 heterocycles. The molecule has 0 saturated heterocycles. The maximum atomic E-state index is 4.85. The molecule has 0 atom stereocenters. The summed E-state index contributed by atoms with van der Waals surface area (Å²) in [5.74, 6) is 0.790. The number of hydrogen-bond acceptors (Lipinski definition) is 3. The van der Waals surface area contributed by atoms with Crippen molar-refractivity contribution in [2.75, 3.05) is 18.0 Å². The quantitative estimate of drug-likeness (QED) is 0.665. The summed E-state index contributed by atoms with van der Waals surface area (Å²) >= 11 is 3.55. The molecule has 0 amide bonds. The molecule has 0 aliphatic carbocycles. The van der Waals surface area contributed by atoms with Crippen LogP contribution in [-0.2, 0) is 0 Å². The van der Waals surface area contributed by atoms with Crippen LogP contribution >= 0.6 is 15.9 Å². The van der Waals surface area contributed by atoms with E-state index >= 15 is 0 Å². The fourth-order valence-corrected chi connectivity index (χ4v) is 2.91. The Balaban J connectivity index is 2.29. The maximum Gasteiger partial charge on any atom is 0.226 e. The molecule has 0 unspecified atom stereocenters. The first kappa shape index (κ1) is 15.0.